The molecule has 0 aromatic heterocycles. The Balaban J connectivity index is 1.40. The van der Waals surface area contributed by atoms with Crippen LogP contribution in [0, 0.1) is 11.8 Å². The maximum Gasteiger partial charge on any atom is 0.309 e. The van der Waals surface area contributed by atoms with E-state index in [-0.39, 0.29) is 42.8 Å². The highest BCUT2D eigenvalue weighted by atomic mass is 16.5. The van der Waals surface area contributed by atoms with Crippen molar-refractivity contribution in [3.8, 4) is 0 Å². The summed E-state index contributed by atoms with van der Waals surface area (Å²) < 4.78 is 5.73. The number of nitrogens with zero attached hydrogens (tertiary/aromatic N) is 1. The Kier molecular flexibility index (Phi) is 9.31. The number of ether oxygens (including phenoxy) is 1. The van der Waals surface area contributed by atoms with Crippen LogP contribution in [-0.4, -0.2) is 48.4 Å². The quantitative estimate of drug-likeness (QED) is 0.470. The molecule has 0 bridgehead atoms. The van der Waals surface area contributed by atoms with Crippen LogP contribution in [0.5, 0.6) is 0 Å². The second kappa shape index (κ2) is 13.1. The lowest BCUT2D eigenvalue weighted by Gasteiger charge is -2.29. The van der Waals surface area contributed by atoms with Crippen molar-refractivity contribution >= 4 is 17.8 Å². The minimum atomic E-state index is -0.415. The summed E-state index contributed by atoms with van der Waals surface area (Å²) >= 11 is 0. The first-order chi connectivity index (χ1) is 17.6. The van der Waals surface area contributed by atoms with Crippen molar-refractivity contribution in [3.63, 3.8) is 0 Å². The first-order valence-corrected chi connectivity index (χ1v) is 13.1. The first-order valence-electron chi connectivity index (χ1n) is 13.1. The van der Waals surface area contributed by atoms with Gasteiger partial charge in [0.1, 0.15) is 6.61 Å². The van der Waals surface area contributed by atoms with E-state index in [9.17, 15) is 14.4 Å². The van der Waals surface area contributed by atoms with E-state index in [2.05, 4.69) is 5.32 Å². The van der Waals surface area contributed by atoms with Gasteiger partial charge in [0, 0.05) is 19.5 Å². The zero-order chi connectivity index (χ0) is 25.2. The minimum absolute atomic E-state index is 0.0159. The topological polar surface area (TPSA) is 75.7 Å². The Labute approximate surface area is 213 Å². The lowest BCUT2D eigenvalue weighted by atomic mass is 9.94. The van der Waals surface area contributed by atoms with E-state index < -0.39 is 5.92 Å². The number of carbonyl (C=O) groups is 3. The van der Waals surface area contributed by atoms with Gasteiger partial charge in [0.15, 0.2) is 0 Å². The number of amides is 2. The molecule has 1 saturated heterocycles. The fourth-order valence-electron chi connectivity index (χ4n) is 5.07. The number of hydrogen-bond acceptors (Lipinski definition) is 4. The largest absolute Gasteiger partial charge is 0.463 e. The molecule has 0 aliphatic carbocycles. The van der Waals surface area contributed by atoms with E-state index in [0.29, 0.717) is 32.4 Å². The van der Waals surface area contributed by atoms with E-state index >= 15 is 0 Å². The van der Waals surface area contributed by atoms with Crippen LogP contribution < -0.4 is 5.32 Å². The molecular weight excluding hydrogens is 452 g/mol. The number of nitrogens with one attached hydrogen (secondary N) is 1. The molecule has 2 aliphatic rings. The van der Waals surface area contributed by atoms with Gasteiger partial charge >= 0.3 is 5.97 Å². The van der Waals surface area contributed by atoms with Crippen molar-refractivity contribution in [2.24, 2.45) is 11.8 Å². The molecule has 0 radical (unpaired) electrons. The molecule has 0 spiro atoms. The molecule has 2 amide bonds. The Bertz CT molecular complexity index is 1040. The average Bonchev–Trinajstić information content (AvgIpc) is 3.37. The van der Waals surface area contributed by atoms with E-state index in [1.165, 1.54) is 5.56 Å². The summed E-state index contributed by atoms with van der Waals surface area (Å²) in [6.07, 6.45) is 8.19. The van der Waals surface area contributed by atoms with Crippen LogP contribution >= 0.6 is 0 Å². The van der Waals surface area contributed by atoms with Crippen molar-refractivity contribution in [1.82, 2.24) is 10.2 Å². The highest BCUT2D eigenvalue weighted by Gasteiger charge is 2.35. The van der Waals surface area contributed by atoms with Crippen molar-refractivity contribution in [1.29, 1.82) is 0 Å². The van der Waals surface area contributed by atoms with Crippen molar-refractivity contribution in [3.05, 3.63) is 83.9 Å². The maximum atomic E-state index is 13.4. The highest BCUT2D eigenvalue weighted by Crippen LogP contribution is 2.25. The summed E-state index contributed by atoms with van der Waals surface area (Å²) in [7, 11) is 0. The van der Waals surface area contributed by atoms with Crippen LogP contribution in [0.25, 0.3) is 0 Å². The highest BCUT2D eigenvalue weighted by molar-refractivity contribution is 5.86. The molecule has 36 heavy (non-hydrogen) atoms. The number of allylic oxidation sites excluding steroid dienone is 2. The first kappa shape index (κ1) is 25.7. The molecule has 6 nitrogen and oxygen atoms in total. The molecule has 4 rings (SSSR count). The second-order valence-corrected chi connectivity index (χ2v) is 9.77. The minimum Gasteiger partial charge on any atom is -0.463 e. The summed E-state index contributed by atoms with van der Waals surface area (Å²) in [4.78, 5) is 40.9. The van der Waals surface area contributed by atoms with Gasteiger partial charge < -0.3 is 15.0 Å². The zero-order valence-corrected chi connectivity index (χ0v) is 20.8. The summed E-state index contributed by atoms with van der Waals surface area (Å²) in [6, 6.07) is 19.9. The number of fused-ring (bicyclic) bond motifs is 1. The summed E-state index contributed by atoms with van der Waals surface area (Å²) in [5.74, 6) is -1.01. The third kappa shape index (κ3) is 7.30. The number of cyclic esters (lactones) is 1. The molecule has 1 N–H and O–H groups in total. The van der Waals surface area contributed by atoms with E-state index in [1.54, 1.807) is 0 Å². The molecule has 0 unspecified atom stereocenters. The van der Waals surface area contributed by atoms with Gasteiger partial charge in [-0.25, -0.2) is 0 Å². The van der Waals surface area contributed by atoms with Crippen LogP contribution in [0.4, 0.5) is 0 Å². The standard InChI is InChI=1S/C30H36N2O4/c33-28(31-18-17-23-10-3-1-4-11-23)21-25-14-7-8-15-26(20-24-12-5-2-6-13-24)30(35)36-22-27-16-9-19-32(27)29(25)34/h1-8,10-13,25-27H,9,14-22H2,(H,31,33)/b8-7-/t25-,26-,27+/m1/s1. The van der Waals surface area contributed by atoms with Gasteiger partial charge in [-0.05, 0) is 49.7 Å². The van der Waals surface area contributed by atoms with Crippen LogP contribution in [0.3, 0.4) is 0 Å². The van der Waals surface area contributed by atoms with Crippen LogP contribution in [0.2, 0.25) is 0 Å². The number of carbonyl (C=O) groups excluding carboxylic acids is 3. The molecular formula is C30H36N2O4. The summed E-state index contributed by atoms with van der Waals surface area (Å²) in [5.41, 5.74) is 2.27. The van der Waals surface area contributed by atoms with Crippen LogP contribution in [0.15, 0.2) is 72.8 Å². The monoisotopic (exact) mass is 488 g/mol. The van der Waals surface area contributed by atoms with Crippen molar-refractivity contribution in [2.45, 2.75) is 51.0 Å². The maximum absolute atomic E-state index is 13.4. The van der Waals surface area contributed by atoms with Crippen molar-refractivity contribution in [2.75, 3.05) is 19.7 Å². The lowest BCUT2D eigenvalue weighted by Crippen LogP contribution is -2.43. The Morgan fingerprint density at radius 2 is 1.58 bits per heavy atom. The number of hydrogen-bond donors (Lipinski definition) is 1. The number of esters is 1. The third-order valence-electron chi connectivity index (χ3n) is 7.10. The summed E-state index contributed by atoms with van der Waals surface area (Å²) in [5, 5.41) is 2.98. The predicted octanol–water partition coefficient (Wildman–Crippen LogP) is 4.09. The smallest absolute Gasteiger partial charge is 0.309 e. The second-order valence-electron chi connectivity index (χ2n) is 9.77. The van der Waals surface area contributed by atoms with E-state index in [0.717, 1.165) is 24.8 Å². The van der Waals surface area contributed by atoms with Gasteiger partial charge in [-0.1, -0.05) is 72.8 Å². The van der Waals surface area contributed by atoms with E-state index in [4.69, 9.17) is 4.74 Å². The molecule has 2 heterocycles. The molecule has 1 fully saturated rings. The number of rotatable bonds is 7. The Morgan fingerprint density at radius 1 is 0.917 bits per heavy atom. The summed E-state index contributed by atoms with van der Waals surface area (Å²) in [6.45, 7) is 1.41. The zero-order valence-electron chi connectivity index (χ0n) is 20.8. The van der Waals surface area contributed by atoms with Crippen LogP contribution in [-0.2, 0) is 32.0 Å². The normalized spacial score (nSPS) is 23.7. The van der Waals surface area contributed by atoms with Gasteiger partial charge in [-0.2, -0.15) is 0 Å². The van der Waals surface area contributed by atoms with Gasteiger partial charge in [0.25, 0.3) is 0 Å². The lowest BCUT2D eigenvalue weighted by molar-refractivity contribution is -0.152. The van der Waals surface area contributed by atoms with E-state index in [1.807, 2.05) is 77.7 Å². The number of benzene rings is 2. The molecule has 2 aromatic carbocycles. The van der Waals surface area contributed by atoms with Gasteiger partial charge in [0.2, 0.25) is 11.8 Å². The average molecular weight is 489 g/mol. The fourth-order valence-corrected chi connectivity index (χ4v) is 5.07. The molecule has 2 aromatic rings. The fraction of sp³-hybridized carbons (Fsp3) is 0.433. The van der Waals surface area contributed by atoms with Crippen LogP contribution in [0.1, 0.15) is 43.2 Å². The molecule has 2 aliphatic heterocycles. The Morgan fingerprint density at radius 3 is 2.31 bits per heavy atom. The molecule has 3 atom stereocenters. The van der Waals surface area contributed by atoms with Gasteiger partial charge in [-0.15, -0.1) is 0 Å². The Hall–Kier alpha value is -3.41. The van der Waals surface area contributed by atoms with Gasteiger partial charge in [-0.3, -0.25) is 14.4 Å². The molecule has 6 heteroatoms. The molecule has 0 saturated carbocycles. The third-order valence-corrected chi connectivity index (χ3v) is 7.10. The van der Waals surface area contributed by atoms with Crippen molar-refractivity contribution < 1.29 is 19.1 Å². The predicted molar refractivity (Wildman–Crippen MR) is 139 cm³/mol. The SMILES string of the molecule is O=C(C[C@H]1C/C=C\C[C@H](Cc2ccccc2)C(=O)OC[C@@H]2CCCN2C1=O)NCCc1ccccc1. The molecule has 190 valence electrons. The van der Waals surface area contributed by atoms with Gasteiger partial charge in [0.05, 0.1) is 17.9 Å².